The zero-order valence-electron chi connectivity index (χ0n) is 9.33. The lowest BCUT2D eigenvalue weighted by molar-refractivity contribution is -0.133. The van der Waals surface area contributed by atoms with E-state index in [0.717, 1.165) is 29.5 Å². The summed E-state index contributed by atoms with van der Waals surface area (Å²) in [6.07, 6.45) is 5.17. The predicted octanol–water partition coefficient (Wildman–Crippen LogP) is 2.15. The molecule has 92 valence electrons. The molecule has 2 saturated carbocycles. The van der Waals surface area contributed by atoms with Gasteiger partial charge in [-0.1, -0.05) is 24.6 Å². The summed E-state index contributed by atoms with van der Waals surface area (Å²) in [5, 5.41) is 16.9. The van der Waals surface area contributed by atoms with Gasteiger partial charge in [0.2, 0.25) is 5.89 Å². The normalized spacial score (nSPS) is 30.9. The van der Waals surface area contributed by atoms with Crippen molar-refractivity contribution in [2.75, 3.05) is 5.75 Å². The van der Waals surface area contributed by atoms with Crippen molar-refractivity contribution in [1.29, 1.82) is 0 Å². The summed E-state index contributed by atoms with van der Waals surface area (Å²) in [4.78, 5) is 10.4. The Morgan fingerprint density at radius 2 is 2.06 bits per heavy atom. The molecule has 1 aromatic heterocycles. The molecule has 1 aromatic rings. The van der Waals surface area contributed by atoms with Gasteiger partial charge in [0, 0.05) is 5.92 Å². The maximum atomic E-state index is 10.4. The van der Waals surface area contributed by atoms with Crippen LogP contribution in [0.2, 0.25) is 0 Å². The van der Waals surface area contributed by atoms with Crippen LogP contribution in [0.5, 0.6) is 0 Å². The Labute approximate surface area is 103 Å². The number of thioether (sulfide) groups is 1. The molecule has 0 amide bonds. The fourth-order valence-electron chi connectivity index (χ4n) is 2.90. The van der Waals surface area contributed by atoms with E-state index in [4.69, 9.17) is 9.52 Å². The van der Waals surface area contributed by atoms with E-state index in [1.165, 1.54) is 25.7 Å². The lowest BCUT2D eigenvalue weighted by atomic mass is 10.0. The van der Waals surface area contributed by atoms with Gasteiger partial charge in [0.05, 0.1) is 0 Å². The molecule has 1 N–H and O–H groups in total. The quantitative estimate of drug-likeness (QED) is 0.830. The summed E-state index contributed by atoms with van der Waals surface area (Å²) >= 11 is 1.09. The molecule has 2 unspecified atom stereocenters. The van der Waals surface area contributed by atoms with Gasteiger partial charge in [-0.15, -0.1) is 10.2 Å². The van der Waals surface area contributed by atoms with E-state index in [2.05, 4.69) is 10.2 Å². The predicted molar refractivity (Wildman–Crippen MR) is 60.8 cm³/mol. The summed E-state index contributed by atoms with van der Waals surface area (Å²) in [6.45, 7) is 0. The van der Waals surface area contributed by atoms with Crippen LogP contribution in [0.1, 0.15) is 37.5 Å². The van der Waals surface area contributed by atoms with Crippen molar-refractivity contribution in [2.24, 2.45) is 11.8 Å². The Morgan fingerprint density at radius 3 is 2.71 bits per heavy atom. The molecule has 0 saturated heterocycles. The molecule has 0 bridgehead atoms. The van der Waals surface area contributed by atoms with Crippen LogP contribution in [-0.4, -0.2) is 27.0 Å². The summed E-state index contributed by atoms with van der Waals surface area (Å²) in [7, 11) is 0. The topological polar surface area (TPSA) is 76.2 Å². The van der Waals surface area contributed by atoms with Gasteiger partial charge >= 0.3 is 5.97 Å². The Balaban J connectivity index is 1.63. The number of aromatic nitrogens is 2. The van der Waals surface area contributed by atoms with Crippen molar-refractivity contribution in [1.82, 2.24) is 10.2 Å². The third kappa shape index (κ3) is 2.18. The van der Waals surface area contributed by atoms with E-state index in [-0.39, 0.29) is 5.75 Å². The second kappa shape index (κ2) is 4.33. The van der Waals surface area contributed by atoms with Gasteiger partial charge in [-0.25, -0.2) is 0 Å². The Morgan fingerprint density at radius 1 is 1.35 bits per heavy atom. The maximum Gasteiger partial charge on any atom is 0.314 e. The Bertz CT molecular complexity index is 422. The second-order valence-corrected chi connectivity index (χ2v) is 5.65. The van der Waals surface area contributed by atoms with E-state index < -0.39 is 5.97 Å². The molecule has 2 aliphatic rings. The minimum atomic E-state index is -0.866. The van der Waals surface area contributed by atoms with Crippen molar-refractivity contribution in [3.05, 3.63) is 5.89 Å². The van der Waals surface area contributed by atoms with Crippen LogP contribution >= 0.6 is 11.8 Å². The van der Waals surface area contributed by atoms with Gasteiger partial charge in [-0.3, -0.25) is 4.79 Å². The van der Waals surface area contributed by atoms with Crippen LogP contribution in [0.3, 0.4) is 0 Å². The van der Waals surface area contributed by atoms with Gasteiger partial charge in [-0.05, 0) is 24.7 Å². The zero-order chi connectivity index (χ0) is 11.8. The lowest BCUT2D eigenvalue weighted by Crippen LogP contribution is -1.97. The maximum absolute atomic E-state index is 10.4. The van der Waals surface area contributed by atoms with E-state index in [1.807, 2.05) is 0 Å². The second-order valence-electron chi connectivity index (χ2n) is 4.73. The summed E-state index contributed by atoms with van der Waals surface area (Å²) in [5.74, 6) is 1.75. The average Bonchev–Trinajstić information content (AvgIpc) is 2.87. The monoisotopic (exact) mass is 254 g/mol. The highest BCUT2D eigenvalue weighted by Gasteiger charge is 2.54. The number of carboxylic acid groups (broad SMARTS) is 1. The summed E-state index contributed by atoms with van der Waals surface area (Å²) < 4.78 is 5.53. The number of carboxylic acids is 1. The standard InChI is InChI=1S/C11H14N2O3S/c14-8(15)5-17-11-13-12-10(16-11)9-6-3-1-2-4-7(6)9/h6-7,9H,1-5H2,(H,14,15). The molecular weight excluding hydrogens is 240 g/mol. The van der Waals surface area contributed by atoms with Crippen molar-refractivity contribution in [2.45, 2.75) is 36.8 Å². The number of nitrogens with zero attached hydrogens (tertiary/aromatic N) is 2. The fraction of sp³-hybridized carbons (Fsp3) is 0.727. The number of rotatable bonds is 4. The highest BCUT2D eigenvalue weighted by Crippen LogP contribution is 2.60. The molecule has 0 aliphatic heterocycles. The van der Waals surface area contributed by atoms with E-state index >= 15 is 0 Å². The molecule has 2 aliphatic carbocycles. The van der Waals surface area contributed by atoms with Crippen LogP contribution in [0.25, 0.3) is 0 Å². The van der Waals surface area contributed by atoms with Crippen molar-refractivity contribution < 1.29 is 14.3 Å². The molecule has 6 heteroatoms. The first-order valence-corrected chi connectivity index (χ1v) is 6.92. The van der Waals surface area contributed by atoms with E-state index in [9.17, 15) is 4.79 Å². The average molecular weight is 254 g/mol. The van der Waals surface area contributed by atoms with Gasteiger partial charge in [-0.2, -0.15) is 0 Å². The van der Waals surface area contributed by atoms with Gasteiger partial charge < -0.3 is 9.52 Å². The van der Waals surface area contributed by atoms with E-state index in [1.54, 1.807) is 0 Å². The third-order valence-corrected chi connectivity index (χ3v) is 4.49. The summed E-state index contributed by atoms with van der Waals surface area (Å²) in [6, 6.07) is 0. The van der Waals surface area contributed by atoms with Crippen molar-refractivity contribution in [3.63, 3.8) is 0 Å². The van der Waals surface area contributed by atoms with Crippen LogP contribution in [-0.2, 0) is 4.79 Å². The summed E-state index contributed by atoms with van der Waals surface area (Å²) in [5.41, 5.74) is 0. The molecule has 1 heterocycles. The SMILES string of the molecule is O=C(O)CSc1nnc(C2C3CCCCC32)o1. The first-order chi connectivity index (χ1) is 8.25. The highest BCUT2D eigenvalue weighted by atomic mass is 32.2. The third-order valence-electron chi connectivity index (χ3n) is 3.68. The lowest BCUT2D eigenvalue weighted by Gasteiger charge is -2.04. The van der Waals surface area contributed by atoms with Crippen LogP contribution in [0, 0.1) is 11.8 Å². The number of hydrogen-bond donors (Lipinski definition) is 1. The zero-order valence-corrected chi connectivity index (χ0v) is 10.2. The minimum Gasteiger partial charge on any atom is -0.481 e. The first-order valence-electron chi connectivity index (χ1n) is 5.93. The molecule has 17 heavy (non-hydrogen) atoms. The number of fused-ring (bicyclic) bond motifs is 1. The highest BCUT2D eigenvalue weighted by molar-refractivity contribution is 7.99. The molecular formula is C11H14N2O3S. The van der Waals surface area contributed by atoms with Crippen LogP contribution < -0.4 is 0 Å². The van der Waals surface area contributed by atoms with Crippen molar-refractivity contribution >= 4 is 17.7 Å². The molecule has 3 rings (SSSR count). The number of hydrogen-bond acceptors (Lipinski definition) is 5. The molecule has 0 spiro atoms. The fourth-order valence-corrected chi connectivity index (χ4v) is 3.39. The first kappa shape index (κ1) is 11.1. The molecule has 2 atom stereocenters. The van der Waals surface area contributed by atoms with Crippen molar-refractivity contribution in [3.8, 4) is 0 Å². The molecule has 0 aromatic carbocycles. The van der Waals surface area contributed by atoms with E-state index in [0.29, 0.717) is 11.1 Å². The largest absolute Gasteiger partial charge is 0.481 e. The minimum absolute atomic E-state index is 0.0286. The van der Waals surface area contributed by atoms with Gasteiger partial charge in [0.15, 0.2) is 0 Å². The molecule has 2 fully saturated rings. The van der Waals surface area contributed by atoms with Gasteiger partial charge in [0.25, 0.3) is 5.22 Å². The Kier molecular flexibility index (Phi) is 2.82. The van der Waals surface area contributed by atoms with Crippen LogP contribution in [0.4, 0.5) is 0 Å². The van der Waals surface area contributed by atoms with Crippen LogP contribution in [0.15, 0.2) is 9.64 Å². The molecule has 0 radical (unpaired) electrons. The number of aliphatic carboxylic acids is 1. The van der Waals surface area contributed by atoms with Gasteiger partial charge in [0.1, 0.15) is 5.75 Å². The smallest absolute Gasteiger partial charge is 0.314 e. The number of carbonyl (C=O) groups is 1. The Hall–Kier alpha value is -1.04. The molecule has 5 nitrogen and oxygen atoms in total.